The fourth-order valence-electron chi connectivity index (χ4n) is 3.14. The van der Waals surface area contributed by atoms with E-state index < -0.39 is 6.04 Å². The molecular formula is C21H27N3O2. The maximum atomic E-state index is 12.3. The number of ether oxygens (including phenoxy) is 1. The van der Waals surface area contributed by atoms with Gasteiger partial charge in [0.15, 0.2) is 0 Å². The van der Waals surface area contributed by atoms with E-state index >= 15 is 0 Å². The van der Waals surface area contributed by atoms with Crippen molar-refractivity contribution in [1.29, 1.82) is 0 Å². The molecule has 1 amide bonds. The maximum Gasteiger partial charge on any atom is 0.237 e. The van der Waals surface area contributed by atoms with Gasteiger partial charge in [0.05, 0.1) is 19.3 Å². The third-order valence-electron chi connectivity index (χ3n) is 4.60. The van der Waals surface area contributed by atoms with Crippen LogP contribution in [0.2, 0.25) is 0 Å². The average Bonchev–Trinajstić information content (AvgIpc) is 2.68. The second-order valence-electron chi connectivity index (χ2n) is 6.72. The molecule has 26 heavy (non-hydrogen) atoms. The highest BCUT2D eigenvalue weighted by Gasteiger charge is 2.14. The maximum absolute atomic E-state index is 12.3. The second kappa shape index (κ2) is 9.48. The molecule has 1 saturated heterocycles. The van der Waals surface area contributed by atoms with Crippen molar-refractivity contribution in [3.63, 3.8) is 0 Å². The molecule has 1 unspecified atom stereocenters. The molecule has 5 nitrogen and oxygen atoms in total. The van der Waals surface area contributed by atoms with Crippen molar-refractivity contribution >= 4 is 5.91 Å². The third-order valence-corrected chi connectivity index (χ3v) is 4.60. The van der Waals surface area contributed by atoms with Gasteiger partial charge in [-0.3, -0.25) is 9.69 Å². The van der Waals surface area contributed by atoms with Gasteiger partial charge in [-0.05, 0) is 23.1 Å². The number of nitrogens with zero attached hydrogens (tertiary/aromatic N) is 1. The highest BCUT2D eigenvalue weighted by Crippen LogP contribution is 2.10. The van der Waals surface area contributed by atoms with Gasteiger partial charge in [-0.2, -0.15) is 0 Å². The molecule has 0 spiro atoms. The van der Waals surface area contributed by atoms with Gasteiger partial charge in [0.25, 0.3) is 0 Å². The zero-order valence-electron chi connectivity index (χ0n) is 15.1. The van der Waals surface area contributed by atoms with Crippen LogP contribution in [0.1, 0.15) is 16.7 Å². The first-order chi connectivity index (χ1) is 12.7. The van der Waals surface area contributed by atoms with Crippen LogP contribution in [-0.4, -0.2) is 43.2 Å². The SMILES string of the molecule is NC(Cc1ccccc1)C(=O)NCc1cccc(CN2CCOCC2)c1. The molecule has 0 bridgehead atoms. The molecule has 1 aliphatic heterocycles. The minimum absolute atomic E-state index is 0.118. The van der Waals surface area contributed by atoms with Crippen LogP contribution in [0.5, 0.6) is 0 Å². The Kier molecular flexibility index (Phi) is 6.77. The number of nitrogens with two attached hydrogens (primary N) is 1. The van der Waals surface area contributed by atoms with Crippen molar-refractivity contribution in [1.82, 2.24) is 10.2 Å². The minimum atomic E-state index is -0.533. The minimum Gasteiger partial charge on any atom is -0.379 e. The number of benzene rings is 2. The molecule has 1 fully saturated rings. The Morgan fingerprint density at radius 2 is 1.73 bits per heavy atom. The molecule has 2 aromatic carbocycles. The van der Waals surface area contributed by atoms with Crippen LogP contribution in [0, 0.1) is 0 Å². The Hall–Kier alpha value is -2.21. The number of carbonyl (C=O) groups excluding carboxylic acids is 1. The van der Waals surface area contributed by atoms with E-state index in [1.807, 2.05) is 42.5 Å². The molecule has 3 N–H and O–H groups in total. The Balaban J connectivity index is 1.49. The van der Waals surface area contributed by atoms with Crippen LogP contribution in [0.3, 0.4) is 0 Å². The van der Waals surface area contributed by atoms with Crippen molar-refractivity contribution in [2.75, 3.05) is 26.3 Å². The van der Waals surface area contributed by atoms with Gasteiger partial charge in [0.2, 0.25) is 5.91 Å². The first-order valence-corrected chi connectivity index (χ1v) is 9.16. The summed E-state index contributed by atoms with van der Waals surface area (Å²) in [6.45, 7) is 4.95. The van der Waals surface area contributed by atoms with Crippen molar-refractivity contribution in [2.45, 2.75) is 25.6 Å². The standard InChI is InChI=1S/C21H27N3O2/c22-20(14-17-5-2-1-3-6-17)21(25)23-15-18-7-4-8-19(13-18)16-24-9-11-26-12-10-24/h1-8,13,20H,9-12,14-16,22H2,(H,23,25). The lowest BCUT2D eigenvalue weighted by molar-refractivity contribution is -0.122. The molecule has 1 heterocycles. The quantitative estimate of drug-likeness (QED) is 0.795. The molecule has 138 valence electrons. The van der Waals surface area contributed by atoms with Crippen LogP contribution in [-0.2, 0) is 29.0 Å². The first kappa shape index (κ1) is 18.6. The Morgan fingerprint density at radius 3 is 2.50 bits per heavy atom. The summed E-state index contributed by atoms with van der Waals surface area (Å²) in [5.41, 5.74) is 9.46. The van der Waals surface area contributed by atoms with Gasteiger partial charge >= 0.3 is 0 Å². The van der Waals surface area contributed by atoms with Crippen LogP contribution >= 0.6 is 0 Å². The lowest BCUT2D eigenvalue weighted by atomic mass is 10.1. The summed E-state index contributed by atoms with van der Waals surface area (Å²) in [7, 11) is 0. The Morgan fingerprint density at radius 1 is 1.04 bits per heavy atom. The predicted molar refractivity (Wildman–Crippen MR) is 103 cm³/mol. The van der Waals surface area contributed by atoms with E-state index in [1.165, 1.54) is 5.56 Å². The number of hydrogen-bond donors (Lipinski definition) is 2. The fraction of sp³-hybridized carbons (Fsp3) is 0.381. The van der Waals surface area contributed by atoms with Crippen LogP contribution in [0.4, 0.5) is 0 Å². The second-order valence-corrected chi connectivity index (χ2v) is 6.72. The molecule has 1 atom stereocenters. The summed E-state index contributed by atoms with van der Waals surface area (Å²) in [4.78, 5) is 14.7. The zero-order valence-corrected chi connectivity index (χ0v) is 15.1. The van der Waals surface area contributed by atoms with E-state index in [4.69, 9.17) is 10.5 Å². The third kappa shape index (κ3) is 5.66. The highest BCUT2D eigenvalue weighted by molar-refractivity contribution is 5.81. The van der Waals surface area contributed by atoms with E-state index in [2.05, 4.69) is 22.3 Å². The summed E-state index contributed by atoms with van der Waals surface area (Å²) in [5, 5.41) is 2.95. The van der Waals surface area contributed by atoms with E-state index in [0.29, 0.717) is 13.0 Å². The van der Waals surface area contributed by atoms with Gasteiger partial charge in [-0.1, -0.05) is 54.6 Å². The summed E-state index contributed by atoms with van der Waals surface area (Å²) >= 11 is 0. The smallest absolute Gasteiger partial charge is 0.237 e. The van der Waals surface area contributed by atoms with Gasteiger partial charge in [0, 0.05) is 26.2 Å². The molecule has 1 aliphatic rings. The molecule has 0 saturated carbocycles. The van der Waals surface area contributed by atoms with Crippen LogP contribution in [0.25, 0.3) is 0 Å². The fourth-order valence-corrected chi connectivity index (χ4v) is 3.14. The lowest BCUT2D eigenvalue weighted by Gasteiger charge is -2.26. The monoisotopic (exact) mass is 353 g/mol. The molecule has 5 heteroatoms. The van der Waals surface area contributed by atoms with Crippen molar-refractivity contribution < 1.29 is 9.53 Å². The number of morpholine rings is 1. The van der Waals surface area contributed by atoms with Gasteiger partial charge in [0.1, 0.15) is 0 Å². The molecule has 0 aromatic heterocycles. The molecular weight excluding hydrogens is 326 g/mol. The van der Waals surface area contributed by atoms with Gasteiger partial charge in [-0.15, -0.1) is 0 Å². The number of amides is 1. The highest BCUT2D eigenvalue weighted by atomic mass is 16.5. The first-order valence-electron chi connectivity index (χ1n) is 9.16. The van der Waals surface area contributed by atoms with E-state index in [9.17, 15) is 4.79 Å². The zero-order chi connectivity index (χ0) is 18.2. The normalized spacial score (nSPS) is 16.2. The molecule has 2 aromatic rings. The Labute approximate surface area is 155 Å². The van der Waals surface area contributed by atoms with Crippen molar-refractivity contribution in [3.8, 4) is 0 Å². The average molecular weight is 353 g/mol. The number of nitrogens with one attached hydrogen (secondary N) is 1. The molecule has 0 radical (unpaired) electrons. The number of carbonyl (C=O) groups is 1. The topological polar surface area (TPSA) is 67.6 Å². The van der Waals surface area contributed by atoms with Crippen molar-refractivity contribution in [3.05, 3.63) is 71.3 Å². The van der Waals surface area contributed by atoms with E-state index in [-0.39, 0.29) is 5.91 Å². The van der Waals surface area contributed by atoms with E-state index in [1.54, 1.807) is 0 Å². The van der Waals surface area contributed by atoms with Gasteiger partial charge < -0.3 is 15.8 Å². The molecule has 0 aliphatic carbocycles. The largest absolute Gasteiger partial charge is 0.379 e. The number of rotatable bonds is 7. The summed E-state index contributed by atoms with van der Waals surface area (Å²) < 4.78 is 5.39. The summed E-state index contributed by atoms with van der Waals surface area (Å²) in [6.07, 6.45) is 0.545. The summed E-state index contributed by atoms with van der Waals surface area (Å²) in [5.74, 6) is -0.118. The predicted octanol–water partition coefficient (Wildman–Crippen LogP) is 1.70. The summed E-state index contributed by atoms with van der Waals surface area (Å²) in [6, 6.07) is 17.7. The van der Waals surface area contributed by atoms with Crippen molar-refractivity contribution in [2.24, 2.45) is 5.73 Å². The van der Waals surface area contributed by atoms with Crippen LogP contribution in [0.15, 0.2) is 54.6 Å². The lowest BCUT2D eigenvalue weighted by Crippen LogP contribution is -2.41. The van der Waals surface area contributed by atoms with Crippen LogP contribution < -0.4 is 11.1 Å². The van der Waals surface area contributed by atoms with Gasteiger partial charge in [-0.25, -0.2) is 0 Å². The number of hydrogen-bond acceptors (Lipinski definition) is 4. The van der Waals surface area contributed by atoms with E-state index in [0.717, 1.165) is 44.0 Å². The Bertz CT molecular complexity index is 699. The molecule has 3 rings (SSSR count).